The van der Waals surface area contributed by atoms with Crippen LogP contribution in [0.4, 0.5) is 10.3 Å². The number of imidazole rings is 1. The highest BCUT2D eigenvalue weighted by Crippen LogP contribution is 2.38. The summed E-state index contributed by atoms with van der Waals surface area (Å²) in [6.45, 7) is 4.75. The number of hydrogen-bond acceptors (Lipinski definition) is 7. The van der Waals surface area contributed by atoms with E-state index in [1.54, 1.807) is 10.7 Å². The Morgan fingerprint density at radius 2 is 1.97 bits per heavy atom. The molecule has 0 spiro atoms. The van der Waals surface area contributed by atoms with Gasteiger partial charge in [0.05, 0.1) is 42.7 Å². The molecular weight excluding hydrogens is 435 g/mol. The number of anilines is 1. The molecule has 0 aromatic carbocycles. The average Bonchev–Trinajstić information content (AvgIpc) is 3.44. The summed E-state index contributed by atoms with van der Waals surface area (Å²) < 4.78 is 24.1. The van der Waals surface area contributed by atoms with Crippen LogP contribution in [0.5, 0.6) is 0 Å². The molecule has 2 saturated heterocycles. The van der Waals surface area contributed by atoms with Crippen LogP contribution in [0.3, 0.4) is 0 Å². The van der Waals surface area contributed by atoms with Gasteiger partial charge >= 0.3 is 0 Å². The van der Waals surface area contributed by atoms with Crippen LogP contribution in [0.25, 0.3) is 27.9 Å². The number of alkyl halides is 1. The minimum absolute atomic E-state index is 0.292. The van der Waals surface area contributed by atoms with Crippen molar-refractivity contribution in [2.75, 3.05) is 31.6 Å². The molecule has 1 aliphatic carbocycles. The highest BCUT2D eigenvalue weighted by molar-refractivity contribution is 5.82. The van der Waals surface area contributed by atoms with Crippen molar-refractivity contribution in [2.24, 2.45) is 0 Å². The SMILES string of the molecule is Cc1nc2ccc(-c3ccn4nc(N[C@H]5CCN(C6COC6)C[C@H]5F)ncc34)nc2n1C1CC1. The van der Waals surface area contributed by atoms with Crippen LogP contribution < -0.4 is 5.32 Å². The van der Waals surface area contributed by atoms with Gasteiger partial charge in [0.1, 0.15) is 17.5 Å². The molecular formula is C24H27FN8O. The molecule has 4 aromatic rings. The minimum Gasteiger partial charge on any atom is -0.378 e. The van der Waals surface area contributed by atoms with Gasteiger partial charge in [0.2, 0.25) is 5.95 Å². The van der Waals surface area contributed by atoms with Crippen molar-refractivity contribution in [3.05, 3.63) is 36.4 Å². The van der Waals surface area contributed by atoms with Gasteiger partial charge in [-0.25, -0.2) is 23.9 Å². The molecule has 34 heavy (non-hydrogen) atoms. The zero-order chi connectivity index (χ0) is 22.8. The fourth-order valence-electron chi connectivity index (χ4n) is 5.21. The standard InChI is InChI=1S/C24H27FN8O/c1-14-27-21-5-4-19(28-23(21)33(14)15-2-3-15)17-6-9-32-22(17)10-26-24(30-32)29-20-7-8-31(11-18(20)25)16-12-34-13-16/h4-6,9-10,15-16,18,20H,2-3,7-8,11-13H2,1H3,(H,29,30)/t18-,20+/m1/s1. The molecule has 0 bridgehead atoms. The molecule has 10 heteroatoms. The molecule has 1 N–H and O–H groups in total. The van der Waals surface area contributed by atoms with E-state index >= 15 is 0 Å². The number of pyridine rings is 1. The molecule has 2 atom stereocenters. The van der Waals surface area contributed by atoms with Crippen molar-refractivity contribution in [3.8, 4) is 11.3 Å². The van der Waals surface area contributed by atoms with Gasteiger partial charge in [0, 0.05) is 30.9 Å². The molecule has 0 radical (unpaired) electrons. The summed E-state index contributed by atoms with van der Waals surface area (Å²) in [4.78, 5) is 16.3. The third kappa shape index (κ3) is 3.35. The van der Waals surface area contributed by atoms with Gasteiger partial charge in [-0.05, 0) is 44.4 Å². The molecule has 0 amide bonds. The van der Waals surface area contributed by atoms with Crippen molar-refractivity contribution >= 4 is 22.6 Å². The summed E-state index contributed by atoms with van der Waals surface area (Å²) in [6.07, 6.45) is 5.81. The van der Waals surface area contributed by atoms with Crippen molar-refractivity contribution in [3.63, 3.8) is 0 Å². The van der Waals surface area contributed by atoms with Crippen LogP contribution in [0.2, 0.25) is 0 Å². The zero-order valence-corrected chi connectivity index (χ0v) is 19.1. The molecule has 176 valence electrons. The molecule has 9 nitrogen and oxygen atoms in total. The monoisotopic (exact) mass is 462 g/mol. The molecule has 1 saturated carbocycles. The number of piperidine rings is 1. The Bertz CT molecular complexity index is 1370. The summed E-state index contributed by atoms with van der Waals surface area (Å²) in [6, 6.07) is 6.63. The summed E-state index contributed by atoms with van der Waals surface area (Å²) in [7, 11) is 0. The van der Waals surface area contributed by atoms with Crippen LogP contribution in [0.15, 0.2) is 30.6 Å². The number of nitrogens with zero attached hydrogens (tertiary/aromatic N) is 7. The third-order valence-corrected chi connectivity index (χ3v) is 7.34. The Labute approximate surface area is 196 Å². The number of fused-ring (bicyclic) bond motifs is 2. The number of halogens is 1. The molecule has 0 unspecified atom stereocenters. The Morgan fingerprint density at radius 1 is 1.09 bits per heavy atom. The first-order chi connectivity index (χ1) is 16.6. The Balaban J connectivity index is 1.13. The van der Waals surface area contributed by atoms with Gasteiger partial charge in [0.15, 0.2) is 5.65 Å². The van der Waals surface area contributed by atoms with Crippen molar-refractivity contribution < 1.29 is 9.13 Å². The van der Waals surface area contributed by atoms with Crippen LogP contribution in [-0.4, -0.2) is 78.6 Å². The lowest BCUT2D eigenvalue weighted by Gasteiger charge is -2.42. The average molecular weight is 463 g/mol. The first-order valence-electron chi connectivity index (χ1n) is 12.1. The maximum atomic E-state index is 14.8. The predicted octanol–water partition coefficient (Wildman–Crippen LogP) is 3.01. The van der Waals surface area contributed by atoms with E-state index in [-0.39, 0.29) is 6.04 Å². The number of hydrogen-bond donors (Lipinski definition) is 1. The zero-order valence-electron chi connectivity index (χ0n) is 19.1. The lowest BCUT2D eigenvalue weighted by atomic mass is 10.0. The molecule has 4 aromatic heterocycles. The third-order valence-electron chi connectivity index (χ3n) is 7.34. The number of likely N-dealkylation sites (tertiary alicyclic amines) is 1. The lowest BCUT2D eigenvalue weighted by molar-refractivity contribution is -0.0794. The van der Waals surface area contributed by atoms with Gasteiger partial charge < -0.3 is 14.6 Å². The van der Waals surface area contributed by atoms with E-state index in [1.807, 2.05) is 31.3 Å². The molecule has 2 aliphatic heterocycles. The van der Waals surface area contributed by atoms with E-state index in [1.165, 1.54) is 12.8 Å². The van der Waals surface area contributed by atoms with E-state index < -0.39 is 6.17 Å². The number of rotatable bonds is 5. The fraction of sp³-hybridized carbons (Fsp3) is 0.500. The summed E-state index contributed by atoms with van der Waals surface area (Å²) in [5.41, 5.74) is 4.57. The predicted molar refractivity (Wildman–Crippen MR) is 126 cm³/mol. The molecule has 7 rings (SSSR count). The summed E-state index contributed by atoms with van der Waals surface area (Å²) in [5.74, 6) is 1.45. The first-order valence-corrected chi connectivity index (χ1v) is 12.1. The highest BCUT2D eigenvalue weighted by Gasteiger charge is 2.35. The number of aryl methyl sites for hydroxylation is 1. The van der Waals surface area contributed by atoms with Crippen LogP contribution in [0, 0.1) is 6.92 Å². The first kappa shape index (κ1) is 20.3. The second-order valence-electron chi connectivity index (χ2n) is 9.68. The van der Waals surface area contributed by atoms with Crippen LogP contribution >= 0.6 is 0 Å². The number of nitrogens with one attached hydrogen (secondary N) is 1. The second-order valence-corrected chi connectivity index (χ2v) is 9.68. The van der Waals surface area contributed by atoms with Crippen molar-refractivity contribution in [1.82, 2.24) is 34.0 Å². The number of aromatic nitrogens is 6. The maximum Gasteiger partial charge on any atom is 0.241 e. The van der Waals surface area contributed by atoms with E-state index in [0.717, 1.165) is 40.3 Å². The molecule has 3 aliphatic rings. The van der Waals surface area contributed by atoms with Crippen molar-refractivity contribution in [1.29, 1.82) is 0 Å². The van der Waals surface area contributed by atoms with Crippen molar-refractivity contribution in [2.45, 2.75) is 50.5 Å². The normalized spacial score (nSPS) is 24.1. The smallest absolute Gasteiger partial charge is 0.241 e. The molecule has 3 fully saturated rings. The largest absolute Gasteiger partial charge is 0.378 e. The Morgan fingerprint density at radius 3 is 2.74 bits per heavy atom. The molecule has 6 heterocycles. The maximum absolute atomic E-state index is 14.8. The van der Waals surface area contributed by atoms with Gasteiger partial charge in [-0.2, -0.15) is 0 Å². The van der Waals surface area contributed by atoms with Gasteiger partial charge in [-0.3, -0.25) is 4.90 Å². The summed E-state index contributed by atoms with van der Waals surface area (Å²) in [5, 5.41) is 7.82. The topological polar surface area (TPSA) is 85.4 Å². The Hall–Kier alpha value is -3.11. The Kier molecular flexibility index (Phi) is 4.60. The highest BCUT2D eigenvalue weighted by atomic mass is 19.1. The quantitative estimate of drug-likeness (QED) is 0.488. The van der Waals surface area contributed by atoms with Gasteiger partial charge in [0.25, 0.3) is 0 Å². The number of ether oxygens (including phenoxy) is 1. The van der Waals surface area contributed by atoms with Crippen LogP contribution in [0.1, 0.15) is 31.1 Å². The van der Waals surface area contributed by atoms with Crippen LogP contribution in [-0.2, 0) is 4.74 Å². The minimum atomic E-state index is -0.968. The fourth-order valence-corrected chi connectivity index (χ4v) is 5.21. The second kappa shape index (κ2) is 7.71. The van der Waals surface area contributed by atoms with E-state index in [9.17, 15) is 4.39 Å². The van der Waals surface area contributed by atoms with E-state index in [0.29, 0.717) is 44.2 Å². The van der Waals surface area contributed by atoms with E-state index in [2.05, 4.69) is 29.9 Å². The lowest BCUT2D eigenvalue weighted by Crippen LogP contribution is -2.57. The van der Waals surface area contributed by atoms with Gasteiger partial charge in [-0.15, -0.1) is 5.10 Å². The van der Waals surface area contributed by atoms with Gasteiger partial charge in [-0.1, -0.05) is 0 Å². The summed E-state index contributed by atoms with van der Waals surface area (Å²) >= 11 is 0. The van der Waals surface area contributed by atoms with E-state index in [4.69, 9.17) is 9.72 Å².